The normalized spacial score (nSPS) is 12.5. The second kappa shape index (κ2) is 11.8. The van der Waals surface area contributed by atoms with Crippen LogP contribution in [0, 0.1) is 12.7 Å². The fourth-order valence-corrected chi connectivity index (χ4v) is 5.28. The first-order chi connectivity index (χ1) is 17.8. The first-order valence-corrected chi connectivity index (χ1v) is 13.7. The van der Waals surface area contributed by atoms with Gasteiger partial charge in [-0.1, -0.05) is 60.2 Å². The average Bonchev–Trinajstić information content (AvgIpc) is 2.86. The molecule has 0 radical (unpaired) electrons. The van der Waals surface area contributed by atoms with E-state index in [-0.39, 0.29) is 23.0 Å². The number of halogens is 1. The molecule has 0 bridgehead atoms. The van der Waals surface area contributed by atoms with Crippen molar-refractivity contribution >= 4 is 27.5 Å². The smallest absolute Gasteiger partial charge is 0.264 e. The lowest BCUT2D eigenvalue weighted by Gasteiger charge is -2.33. The first kappa shape index (κ1) is 28.8. The number of carbonyl (C=O) groups excluding carboxylic acids is 2. The molecular weight excluding hydrogens is 505 g/mol. The number of benzene rings is 3. The van der Waals surface area contributed by atoms with Crippen LogP contribution in [0.5, 0.6) is 0 Å². The molecule has 2 amide bonds. The van der Waals surface area contributed by atoms with E-state index < -0.39 is 39.9 Å². The highest BCUT2D eigenvalue weighted by molar-refractivity contribution is 7.92. The van der Waals surface area contributed by atoms with E-state index >= 15 is 0 Å². The highest BCUT2D eigenvalue weighted by atomic mass is 32.2. The van der Waals surface area contributed by atoms with Crippen molar-refractivity contribution in [2.24, 2.45) is 0 Å². The predicted octanol–water partition coefficient (Wildman–Crippen LogP) is 4.66. The van der Waals surface area contributed by atoms with E-state index in [1.165, 1.54) is 35.2 Å². The molecular formula is C29H34FN3O4S. The third kappa shape index (κ3) is 7.19. The van der Waals surface area contributed by atoms with Crippen molar-refractivity contribution in [2.45, 2.75) is 57.6 Å². The quantitative estimate of drug-likeness (QED) is 0.429. The summed E-state index contributed by atoms with van der Waals surface area (Å²) in [6.07, 6.45) is 0. The van der Waals surface area contributed by atoms with Crippen molar-refractivity contribution < 1.29 is 22.4 Å². The van der Waals surface area contributed by atoms with Gasteiger partial charge in [-0.05, 0) is 64.4 Å². The minimum atomic E-state index is -4.31. The van der Waals surface area contributed by atoms with Crippen molar-refractivity contribution in [1.82, 2.24) is 10.2 Å². The van der Waals surface area contributed by atoms with Crippen LogP contribution < -0.4 is 9.62 Å². The monoisotopic (exact) mass is 539 g/mol. The van der Waals surface area contributed by atoms with Gasteiger partial charge >= 0.3 is 0 Å². The zero-order valence-corrected chi connectivity index (χ0v) is 23.1. The number of hydrogen-bond acceptors (Lipinski definition) is 4. The van der Waals surface area contributed by atoms with Gasteiger partial charge in [0.1, 0.15) is 18.4 Å². The summed E-state index contributed by atoms with van der Waals surface area (Å²) < 4.78 is 42.9. The molecule has 0 saturated heterocycles. The number of aryl methyl sites for hydroxylation is 1. The molecule has 1 atom stereocenters. The van der Waals surface area contributed by atoms with Crippen LogP contribution >= 0.6 is 0 Å². The molecule has 7 nitrogen and oxygen atoms in total. The number of rotatable bonds is 9. The van der Waals surface area contributed by atoms with E-state index in [2.05, 4.69) is 5.32 Å². The molecule has 3 rings (SSSR count). The lowest BCUT2D eigenvalue weighted by atomic mass is 10.1. The predicted molar refractivity (Wildman–Crippen MR) is 146 cm³/mol. The van der Waals surface area contributed by atoms with Gasteiger partial charge in [-0.25, -0.2) is 12.8 Å². The third-order valence-electron chi connectivity index (χ3n) is 5.87. The zero-order chi connectivity index (χ0) is 28.1. The van der Waals surface area contributed by atoms with Gasteiger partial charge in [0, 0.05) is 12.1 Å². The van der Waals surface area contributed by atoms with E-state index in [1.54, 1.807) is 25.1 Å². The maximum Gasteiger partial charge on any atom is 0.264 e. The van der Waals surface area contributed by atoms with Crippen LogP contribution in [0.4, 0.5) is 10.1 Å². The van der Waals surface area contributed by atoms with Gasteiger partial charge in [-0.3, -0.25) is 13.9 Å². The first-order valence-electron chi connectivity index (χ1n) is 12.3. The van der Waals surface area contributed by atoms with Gasteiger partial charge in [-0.2, -0.15) is 0 Å². The number of amides is 2. The minimum absolute atomic E-state index is 0.0638. The van der Waals surface area contributed by atoms with E-state index in [4.69, 9.17) is 0 Å². The molecule has 0 saturated carbocycles. The van der Waals surface area contributed by atoms with Gasteiger partial charge in [0.15, 0.2) is 0 Å². The molecule has 0 fully saturated rings. The Morgan fingerprint density at radius 1 is 0.921 bits per heavy atom. The number of carbonyl (C=O) groups is 2. The highest BCUT2D eigenvalue weighted by Crippen LogP contribution is 2.27. The van der Waals surface area contributed by atoms with Crippen LogP contribution in [0.1, 0.15) is 38.8 Å². The fourth-order valence-electron chi connectivity index (χ4n) is 3.83. The fraction of sp³-hybridized carbons (Fsp3) is 0.310. The Kier molecular flexibility index (Phi) is 8.93. The molecule has 0 aliphatic heterocycles. The average molecular weight is 540 g/mol. The van der Waals surface area contributed by atoms with E-state index in [0.717, 1.165) is 21.5 Å². The van der Waals surface area contributed by atoms with Gasteiger partial charge in [0.2, 0.25) is 11.8 Å². The second-order valence-electron chi connectivity index (χ2n) is 10.2. The van der Waals surface area contributed by atoms with Crippen molar-refractivity contribution in [1.29, 1.82) is 0 Å². The molecule has 1 N–H and O–H groups in total. The summed E-state index contributed by atoms with van der Waals surface area (Å²) in [5.41, 5.74) is 0.999. The molecule has 0 heterocycles. The number of nitrogens with one attached hydrogen (secondary N) is 1. The van der Waals surface area contributed by atoms with Gasteiger partial charge in [-0.15, -0.1) is 0 Å². The summed E-state index contributed by atoms with van der Waals surface area (Å²) in [5.74, 6) is -1.82. The molecule has 0 aliphatic carbocycles. The summed E-state index contributed by atoms with van der Waals surface area (Å²) in [4.78, 5) is 28.1. The minimum Gasteiger partial charge on any atom is -0.350 e. The standard InChI is InChI=1S/C29H34FN3O4S/c1-21-15-17-23(18-16-21)19-32(22(2)28(35)31-29(3,4)5)27(34)20-33(26-14-10-9-13-25(26)30)38(36,37)24-11-7-6-8-12-24/h6-18,22H,19-20H2,1-5H3,(H,31,35)/t22-/m1/s1. The largest absolute Gasteiger partial charge is 0.350 e. The van der Waals surface area contributed by atoms with Crippen LogP contribution in [-0.2, 0) is 26.2 Å². The highest BCUT2D eigenvalue weighted by Gasteiger charge is 2.34. The Labute approximate surface area is 224 Å². The van der Waals surface area contributed by atoms with Crippen molar-refractivity contribution in [3.8, 4) is 0 Å². The molecule has 9 heteroatoms. The summed E-state index contributed by atoms with van der Waals surface area (Å²) in [6.45, 7) is 8.38. The summed E-state index contributed by atoms with van der Waals surface area (Å²) in [6, 6.07) is 19.5. The van der Waals surface area contributed by atoms with Crippen LogP contribution in [0.15, 0.2) is 83.8 Å². The molecule has 0 spiro atoms. The molecule has 3 aromatic carbocycles. The number of para-hydroxylation sites is 1. The van der Waals surface area contributed by atoms with Crippen molar-refractivity contribution in [3.63, 3.8) is 0 Å². The Bertz CT molecular complexity index is 1370. The lowest BCUT2D eigenvalue weighted by molar-refractivity contribution is -0.140. The van der Waals surface area contributed by atoms with E-state index in [1.807, 2.05) is 52.0 Å². The van der Waals surface area contributed by atoms with Crippen molar-refractivity contribution in [2.75, 3.05) is 10.8 Å². The Hall–Kier alpha value is -3.72. The topological polar surface area (TPSA) is 86.8 Å². The van der Waals surface area contributed by atoms with Crippen LogP contribution in [0.2, 0.25) is 0 Å². The Morgan fingerprint density at radius 2 is 1.50 bits per heavy atom. The molecule has 3 aromatic rings. The van der Waals surface area contributed by atoms with E-state index in [0.29, 0.717) is 0 Å². The molecule has 0 aliphatic rings. The van der Waals surface area contributed by atoms with Gasteiger partial charge in [0.05, 0.1) is 10.6 Å². The number of hydrogen-bond donors (Lipinski definition) is 1. The van der Waals surface area contributed by atoms with Crippen LogP contribution in [-0.4, -0.2) is 43.3 Å². The SMILES string of the molecule is Cc1ccc(CN(C(=O)CN(c2ccccc2F)S(=O)(=O)c2ccccc2)[C@H](C)C(=O)NC(C)(C)C)cc1. The summed E-state index contributed by atoms with van der Waals surface area (Å²) in [7, 11) is -4.31. The zero-order valence-electron chi connectivity index (χ0n) is 22.3. The molecule has 202 valence electrons. The third-order valence-corrected chi connectivity index (χ3v) is 7.64. The number of nitrogens with zero attached hydrogens (tertiary/aromatic N) is 2. The lowest BCUT2D eigenvalue weighted by Crippen LogP contribution is -2.54. The van der Waals surface area contributed by atoms with Gasteiger partial charge in [0.25, 0.3) is 10.0 Å². The molecule has 0 aromatic heterocycles. The Morgan fingerprint density at radius 3 is 2.08 bits per heavy atom. The molecule has 0 unspecified atom stereocenters. The number of anilines is 1. The summed E-state index contributed by atoms with van der Waals surface area (Å²) >= 11 is 0. The van der Waals surface area contributed by atoms with Crippen LogP contribution in [0.3, 0.4) is 0 Å². The maximum absolute atomic E-state index is 14.9. The maximum atomic E-state index is 14.9. The molecule has 38 heavy (non-hydrogen) atoms. The number of sulfonamides is 1. The summed E-state index contributed by atoms with van der Waals surface area (Å²) in [5, 5.41) is 2.87. The van der Waals surface area contributed by atoms with Crippen molar-refractivity contribution in [3.05, 3.63) is 95.8 Å². The van der Waals surface area contributed by atoms with E-state index in [9.17, 15) is 22.4 Å². The Balaban J connectivity index is 2.03. The second-order valence-corrected chi connectivity index (χ2v) is 12.1. The van der Waals surface area contributed by atoms with Crippen LogP contribution in [0.25, 0.3) is 0 Å². The van der Waals surface area contributed by atoms with Gasteiger partial charge < -0.3 is 10.2 Å².